The maximum Gasteiger partial charge on any atom is 0.304 e. The predicted octanol–water partition coefficient (Wildman–Crippen LogP) is 3.37. The van der Waals surface area contributed by atoms with E-state index in [1.165, 1.54) is 26.2 Å². The molecule has 3 aromatic rings. The Bertz CT molecular complexity index is 1350. The highest BCUT2D eigenvalue weighted by Gasteiger charge is 2.67. The van der Waals surface area contributed by atoms with Crippen LogP contribution in [0.3, 0.4) is 0 Å². The zero-order valence-corrected chi connectivity index (χ0v) is 18.6. The van der Waals surface area contributed by atoms with Gasteiger partial charge in [0.25, 0.3) is 0 Å². The van der Waals surface area contributed by atoms with Crippen molar-refractivity contribution in [2.75, 3.05) is 13.7 Å². The maximum absolute atomic E-state index is 13.7. The van der Waals surface area contributed by atoms with E-state index in [0.29, 0.717) is 5.56 Å². The standard InChI is InChI=1S/C25H22O8/c1-13(26)32-25-19(33-24(2,3)23(25)28)12-30-18-11-17(29-4)20-15(27)10-16(31-22(20)21(18)25)14-8-6-5-7-9-14/h5-11,19H,12H2,1-4H3/t19-,25-/m0/s1. The number of ketones is 1. The summed E-state index contributed by atoms with van der Waals surface area (Å²) in [7, 11) is 1.42. The third-order valence-electron chi connectivity index (χ3n) is 6.05. The molecule has 5 rings (SSSR count). The number of hydrogen-bond donors (Lipinski definition) is 0. The fourth-order valence-electron chi connectivity index (χ4n) is 4.72. The van der Waals surface area contributed by atoms with Crippen molar-refractivity contribution >= 4 is 22.7 Å². The highest BCUT2D eigenvalue weighted by atomic mass is 16.6. The lowest BCUT2D eigenvalue weighted by molar-refractivity contribution is -0.174. The van der Waals surface area contributed by atoms with Crippen molar-refractivity contribution in [1.82, 2.24) is 0 Å². The molecule has 2 aliphatic heterocycles. The molecular formula is C25H22O8. The second-order valence-corrected chi connectivity index (χ2v) is 8.58. The number of carbonyl (C=O) groups excluding carboxylic acids is 2. The molecule has 1 aromatic heterocycles. The predicted molar refractivity (Wildman–Crippen MR) is 117 cm³/mol. The summed E-state index contributed by atoms with van der Waals surface area (Å²) in [5.74, 6) is -0.402. The van der Waals surface area contributed by atoms with Gasteiger partial charge in [-0.25, -0.2) is 0 Å². The molecule has 0 radical (unpaired) electrons. The number of methoxy groups -OCH3 is 1. The molecule has 0 unspecified atom stereocenters. The summed E-state index contributed by atoms with van der Waals surface area (Å²) in [5.41, 5.74) is -2.60. The van der Waals surface area contributed by atoms with Gasteiger partial charge in [-0.2, -0.15) is 0 Å². The number of Topliss-reactive ketones (excluding diaryl/α,β-unsaturated/α-hetero) is 1. The van der Waals surface area contributed by atoms with Crippen LogP contribution in [0.2, 0.25) is 0 Å². The summed E-state index contributed by atoms with van der Waals surface area (Å²) < 4.78 is 29.3. The van der Waals surface area contributed by atoms with Crippen molar-refractivity contribution < 1.29 is 33.0 Å². The number of hydrogen-bond acceptors (Lipinski definition) is 8. The van der Waals surface area contributed by atoms with Crippen LogP contribution in [-0.2, 0) is 24.7 Å². The Hall–Kier alpha value is -3.65. The minimum Gasteiger partial charge on any atom is -0.496 e. The van der Waals surface area contributed by atoms with Crippen LogP contribution in [0.5, 0.6) is 11.5 Å². The Balaban J connectivity index is 1.92. The zero-order valence-electron chi connectivity index (χ0n) is 18.6. The lowest BCUT2D eigenvalue weighted by atomic mass is 9.79. The van der Waals surface area contributed by atoms with Gasteiger partial charge in [0.15, 0.2) is 11.0 Å². The van der Waals surface area contributed by atoms with Crippen molar-refractivity contribution in [3.05, 3.63) is 58.3 Å². The van der Waals surface area contributed by atoms with E-state index < -0.39 is 29.1 Å². The summed E-state index contributed by atoms with van der Waals surface area (Å²) >= 11 is 0. The monoisotopic (exact) mass is 450 g/mol. The molecule has 1 fully saturated rings. The third kappa shape index (κ3) is 2.97. The van der Waals surface area contributed by atoms with Crippen molar-refractivity contribution in [2.24, 2.45) is 0 Å². The second-order valence-electron chi connectivity index (χ2n) is 8.58. The Kier molecular flexibility index (Phi) is 4.61. The van der Waals surface area contributed by atoms with Gasteiger partial charge < -0.3 is 23.4 Å². The number of benzene rings is 2. The first kappa shape index (κ1) is 21.2. The molecule has 0 amide bonds. The van der Waals surface area contributed by atoms with Crippen molar-refractivity contribution in [2.45, 2.75) is 38.1 Å². The topological polar surface area (TPSA) is 101 Å². The largest absolute Gasteiger partial charge is 0.496 e. The number of carbonyl (C=O) groups is 2. The molecule has 0 saturated carbocycles. The van der Waals surface area contributed by atoms with Crippen LogP contribution >= 0.6 is 0 Å². The van der Waals surface area contributed by atoms with Crippen molar-refractivity contribution in [3.8, 4) is 22.8 Å². The molecule has 2 atom stereocenters. The van der Waals surface area contributed by atoms with Gasteiger partial charge in [-0.05, 0) is 13.8 Å². The Morgan fingerprint density at radius 3 is 2.52 bits per heavy atom. The molecule has 2 aliphatic rings. The fraction of sp³-hybridized carbons (Fsp3) is 0.320. The average molecular weight is 450 g/mol. The summed E-state index contributed by atoms with van der Waals surface area (Å²) in [5, 5.41) is 0.115. The van der Waals surface area contributed by atoms with E-state index in [9.17, 15) is 14.4 Å². The van der Waals surface area contributed by atoms with E-state index in [1.54, 1.807) is 26.0 Å². The Morgan fingerprint density at radius 1 is 1.12 bits per heavy atom. The van der Waals surface area contributed by atoms with E-state index in [1.807, 2.05) is 18.2 Å². The van der Waals surface area contributed by atoms with Crippen LogP contribution < -0.4 is 14.9 Å². The van der Waals surface area contributed by atoms with E-state index in [0.717, 1.165) is 0 Å². The first-order chi connectivity index (χ1) is 15.7. The molecule has 8 nitrogen and oxygen atoms in total. The minimum atomic E-state index is -1.83. The Morgan fingerprint density at radius 2 is 1.85 bits per heavy atom. The molecular weight excluding hydrogens is 428 g/mol. The van der Waals surface area contributed by atoms with E-state index in [4.69, 9.17) is 23.4 Å². The maximum atomic E-state index is 13.7. The average Bonchev–Trinajstić information content (AvgIpc) is 2.98. The fourth-order valence-corrected chi connectivity index (χ4v) is 4.72. The quantitative estimate of drug-likeness (QED) is 0.560. The smallest absolute Gasteiger partial charge is 0.304 e. The first-order valence-corrected chi connectivity index (χ1v) is 10.5. The molecule has 0 bridgehead atoms. The third-order valence-corrected chi connectivity index (χ3v) is 6.05. The molecule has 1 saturated heterocycles. The van der Waals surface area contributed by atoms with Crippen LogP contribution in [0.4, 0.5) is 0 Å². The lowest BCUT2D eigenvalue weighted by Gasteiger charge is -2.37. The number of rotatable bonds is 3. The van der Waals surface area contributed by atoms with Crippen molar-refractivity contribution in [3.63, 3.8) is 0 Å². The van der Waals surface area contributed by atoms with Crippen molar-refractivity contribution in [1.29, 1.82) is 0 Å². The molecule has 2 aromatic carbocycles. The van der Waals surface area contributed by atoms with E-state index >= 15 is 0 Å². The van der Waals surface area contributed by atoms with Crippen LogP contribution in [0.25, 0.3) is 22.3 Å². The highest BCUT2D eigenvalue weighted by molar-refractivity contribution is 6.04. The summed E-state index contributed by atoms with van der Waals surface area (Å²) in [6, 6.07) is 11.9. The molecule has 0 aliphatic carbocycles. The van der Waals surface area contributed by atoms with E-state index in [2.05, 4.69) is 0 Å². The normalized spacial score (nSPS) is 22.9. The second kappa shape index (κ2) is 7.18. The highest BCUT2D eigenvalue weighted by Crippen LogP contribution is 2.53. The molecule has 3 heterocycles. The van der Waals surface area contributed by atoms with Crippen LogP contribution in [0.1, 0.15) is 26.3 Å². The lowest BCUT2D eigenvalue weighted by Crippen LogP contribution is -2.51. The number of ether oxygens (including phenoxy) is 4. The van der Waals surface area contributed by atoms with Gasteiger partial charge in [-0.1, -0.05) is 30.3 Å². The Labute approximate surface area is 189 Å². The summed E-state index contributed by atoms with van der Waals surface area (Å²) in [6.07, 6.45) is -0.918. The van der Waals surface area contributed by atoms with Gasteiger partial charge in [-0.3, -0.25) is 14.4 Å². The SMILES string of the molecule is COc1cc2c(c3oc(-c4ccccc4)cc(=O)c13)[C@]1(OC(C)=O)C(=O)C(C)(C)O[C@H]1CO2. The van der Waals surface area contributed by atoms with Gasteiger partial charge in [0.2, 0.25) is 11.4 Å². The van der Waals surface area contributed by atoms with Crippen LogP contribution in [0, 0.1) is 0 Å². The van der Waals surface area contributed by atoms with Gasteiger partial charge >= 0.3 is 5.97 Å². The first-order valence-electron chi connectivity index (χ1n) is 10.5. The number of esters is 1. The summed E-state index contributed by atoms with van der Waals surface area (Å²) in [4.78, 5) is 39.2. The van der Waals surface area contributed by atoms with Gasteiger partial charge in [0, 0.05) is 24.6 Å². The van der Waals surface area contributed by atoms with Gasteiger partial charge in [-0.15, -0.1) is 0 Å². The molecule has 8 heteroatoms. The molecule has 0 spiro atoms. The van der Waals surface area contributed by atoms with E-state index in [-0.39, 0.29) is 45.8 Å². The van der Waals surface area contributed by atoms with Gasteiger partial charge in [0.05, 0.1) is 12.7 Å². The molecule has 170 valence electrons. The minimum absolute atomic E-state index is 0.0350. The van der Waals surface area contributed by atoms with Crippen LogP contribution in [0.15, 0.2) is 51.7 Å². The van der Waals surface area contributed by atoms with Gasteiger partial charge in [0.1, 0.15) is 41.0 Å². The molecule has 0 N–H and O–H groups in total. The number of fused-ring (bicyclic) bond motifs is 5. The summed E-state index contributed by atoms with van der Waals surface area (Å²) in [6.45, 7) is 4.40. The zero-order chi connectivity index (χ0) is 23.5. The molecule has 33 heavy (non-hydrogen) atoms. The van der Waals surface area contributed by atoms with Crippen LogP contribution in [-0.4, -0.2) is 37.2 Å².